The van der Waals surface area contributed by atoms with E-state index in [1.807, 2.05) is 12.1 Å². The molecule has 0 spiro atoms. The Hall–Kier alpha value is -3.16. The first-order chi connectivity index (χ1) is 13.1. The normalized spacial score (nSPS) is 14.6. The van der Waals surface area contributed by atoms with Crippen LogP contribution in [0.3, 0.4) is 0 Å². The monoisotopic (exact) mass is 369 g/mol. The zero-order chi connectivity index (χ0) is 19.2. The van der Waals surface area contributed by atoms with Gasteiger partial charge in [0.15, 0.2) is 0 Å². The zero-order valence-electron chi connectivity index (χ0n) is 15.2. The Balaban J connectivity index is 1.55. The van der Waals surface area contributed by atoms with E-state index in [1.165, 1.54) is 6.33 Å². The van der Waals surface area contributed by atoms with Gasteiger partial charge >= 0.3 is 6.09 Å². The van der Waals surface area contributed by atoms with Crippen LogP contribution in [0.5, 0.6) is 0 Å². The molecule has 1 aliphatic rings. The Morgan fingerprint density at radius 3 is 2.56 bits per heavy atom. The fraction of sp³-hybridized carbons (Fsp3) is 0.368. The molecule has 3 N–H and O–H groups in total. The third-order valence-corrected chi connectivity index (χ3v) is 4.49. The summed E-state index contributed by atoms with van der Waals surface area (Å²) in [5.41, 5.74) is 7.83. The first-order valence-corrected chi connectivity index (χ1v) is 8.97. The minimum atomic E-state index is -0.289. The predicted octanol–water partition coefficient (Wildman–Crippen LogP) is 2.08. The van der Waals surface area contributed by atoms with Gasteiger partial charge in [0.2, 0.25) is 0 Å². The van der Waals surface area contributed by atoms with Crippen LogP contribution in [0.15, 0.2) is 36.7 Å². The van der Waals surface area contributed by atoms with Crippen LogP contribution < -0.4 is 11.1 Å². The van der Waals surface area contributed by atoms with E-state index in [4.69, 9.17) is 10.5 Å². The summed E-state index contributed by atoms with van der Waals surface area (Å²) in [7, 11) is 0. The minimum Gasteiger partial charge on any atom is -0.450 e. The average Bonchev–Trinajstić information content (AvgIpc) is 2.69. The molecule has 27 heavy (non-hydrogen) atoms. The number of nitrogens with two attached hydrogens (primary N) is 1. The Kier molecular flexibility index (Phi) is 5.85. The highest BCUT2D eigenvalue weighted by molar-refractivity contribution is 5.94. The summed E-state index contributed by atoms with van der Waals surface area (Å²) < 4.78 is 5.00. The number of ether oxygens (including phenoxy) is 1. The maximum Gasteiger partial charge on any atom is 0.409 e. The van der Waals surface area contributed by atoms with E-state index < -0.39 is 0 Å². The number of carbonyl (C=O) groups is 2. The molecule has 2 amide bonds. The average molecular weight is 369 g/mol. The molecule has 0 aliphatic carbocycles. The summed E-state index contributed by atoms with van der Waals surface area (Å²) in [5.74, 6) is 0.273. The minimum absolute atomic E-state index is 0.0458. The van der Waals surface area contributed by atoms with Crippen LogP contribution in [0.2, 0.25) is 0 Å². The van der Waals surface area contributed by atoms with Crippen LogP contribution in [-0.4, -0.2) is 52.6 Å². The smallest absolute Gasteiger partial charge is 0.409 e. The number of anilines is 1. The molecule has 0 bridgehead atoms. The third kappa shape index (κ3) is 4.72. The van der Waals surface area contributed by atoms with Crippen molar-refractivity contribution >= 4 is 17.8 Å². The summed E-state index contributed by atoms with van der Waals surface area (Å²) in [6.07, 6.45) is 2.54. The van der Waals surface area contributed by atoms with E-state index in [-0.39, 0.29) is 18.0 Å². The Morgan fingerprint density at radius 1 is 1.22 bits per heavy atom. The number of benzene rings is 1. The molecule has 1 saturated heterocycles. The van der Waals surface area contributed by atoms with Crippen LogP contribution in [0.25, 0.3) is 11.3 Å². The first kappa shape index (κ1) is 18.6. The number of amides is 2. The topological polar surface area (TPSA) is 110 Å². The summed E-state index contributed by atoms with van der Waals surface area (Å²) in [6.45, 7) is 3.32. The predicted molar refractivity (Wildman–Crippen MR) is 101 cm³/mol. The highest BCUT2D eigenvalue weighted by atomic mass is 16.6. The lowest BCUT2D eigenvalue weighted by molar-refractivity contribution is 0.0860. The van der Waals surface area contributed by atoms with Crippen molar-refractivity contribution in [2.75, 3.05) is 25.4 Å². The lowest BCUT2D eigenvalue weighted by atomic mass is 10.0. The first-order valence-electron chi connectivity index (χ1n) is 8.97. The second-order valence-electron chi connectivity index (χ2n) is 6.34. The van der Waals surface area contributed by atoms with Crippen molar-refractivity contribution in [1.29, 1.82) is 0 Å². The van der Waals surface area contributed by atoms with Gasteiger partial charge in [-0.3, -0.25) is 4.79 Å². The summed E-state index contributed by atoms with van der Waals surface area (Å²) >= 11 is 0. The van der Waals surface area contributed by atoms with Crippen molar-refractivity contribution in [3.8, 4) is 11.3 Å². The molecule has 2 aromatic rings. The molecule has 8 heteroatoms. The van der Waals surface area contributed by atoms with Gasteiger partial charge in [-0.2, -0.15) is 0 Å². The quantitative estimate of drug-likeness (QED) is 0.854. The van der Waals surface area contributed by atoms with E-state index in [2.05, 4.69) is 15.3 Å². The molecule has 3 rings (SSSR count). The fourth-order valence-electron chi connectivity index (χ4n) is 3.01. The van der Waals surface area contributed by atoms with Crippen LogP contribution in [0.4, 0.5) is 10.6 Å². The zero-order valence-corrected chi connectivity index (χ0v) is 15.2. The number of hydrogen-bond donors (Lipinski definition) is 2. The molecular weight excluding hydrogens is 346 g/mol. The molecule has 1 aromatic carbocycles. The SMILES string of the molecule is CCOC(=O)N1CCC(NC(=O)c2ccc(-c3cc(N)ncn3)cc2)CC1. The summed E-state index contributed by atoms with van der Waals surface area (Å²) in [4.78, 5) is 33.9. The summed E-state index contributed by atoms with van der Waals surface area (Å²) in [6, 6.07) is 8.92. The Bertz CT molecular complexity index is 801. The maximum absolute atomic E-state index is 12.5. The molecule has 0 radical (unpaired) electrons. The highest BCUT2D eigenvalue weighted by Crippen LogP contribution is 2.19. The van der Waals surface area contributed by atoms with Crippen molar-refractivity contribution in [3.63, 3.8) is 0 Å². The Labute approximate surface area is 157 Å². The van der Waals surface area contributed by atoms with E-state index >= 15 is 0 Å². The van der Waals surface area contributed by atoms with Gasteiger partial charge in [-0.05, 0) is 31.9 Å². The van der Waals surface area contributed by atoms with Gasteiger partial charge in [0.25, 0.3) is 5.91 Å². The van der Waals surface area contributed by atoms with Crippen LogP contribution in [-0.2, 0) is 4.74 Å². The maximum atomic E-state index is 12.5. The van der Waals surface area contributed by atoms with Crippen LogP contribution in [0.1, 0.15) is 30.1 Å². The van der Waals surface area contributed by atoms with Gasteiger partial charge in [-0.15, -0.1) is 0 Å². The van der Waals surface area contributed by atoms with Crippen LogP contribution >= 0.6 is 0 Å². The molecule has 1 aliphatic heterocycles. The number of likely N-dealkylation sites (tertiary alicyclic amines) is 1. The number of nitrogens with zero attached hydrogens (tertiary/aromatic N) is 3. The highest BCUT2D eigenvalue weighted by Gasteiger charge is 2.24. The van der Waals surface area contributed by atoms with Gasteiger partial charge < -0.3 is 20.7 Å². The van der Waals surface area contributed by atoms with Gasteiger partial charge in [-0.25, -0.2) is 14.8 Å². The lowest BCUT2D eigenvalue weighted by Gasteiger charge is -2.31. The molecule has 0 unspecified atom stereocenters. The molecule has 2 heterocycles. The van der Waals surface area contributed by atoms with Crippen LogP contribution in [0, 0.1) is 0 Å². The second-order valence-corrected chi connectivity index (χ2v) is 6.34. The molecule has 8 nitrogen and oxygen atoms in total. The number of nitrogens with one attached hydrogen (secondary N) is 1. The molecule has 142 valence electrons. The molecular formula is C19H23N5O3. The second kappa shape index (κ2) is 8.48. The molecule has 0 atom stereocenters. The van der Waals surface area contributed by atoms with E-state index in [1.54, 1.807) is 30.0 Å². The van der Waals surface area contributed by atoms with Gasteiger partial charge in [0, 0.05) is 36.3 Å². The van der Waals surface area contributed by atoms with E-state index in [0.29, 0.717) is 49.6 Å². The van der Waals surface area contributed by atoms with Gasteiger partial charge in [0.05, 0.1) is 12.3 Å². The van der Waals surface area contributed by atoms with Crippen molar-refractivity contribution in [3.05, 3.63) is 42.2 Å². The fourth-order valence-corrected chi connectivity index (χ4v) is 3.01. The number of carbonyl (C=O) groups excluding carboxylic acids is 2. The Morgan fingerprint density at radius 2 is 1.93 bits per heavy atom. The molecule has 0 saturated carbocycles. The standard InChI is InChI=1S/C19H23N5O3/c1-2-27-19(26)24-9-7-15(8-10-24)23-18(25)14-5-3-13(4-6-14)16-11-17(20)22-12-21-16/h3-6,11-12,15H,2,7-10H2,1H3,(H,23,25)(H2,20,21,22). The van der Waals surface area contributed by atoms with Crippen molar-refractivity contribution in [1.82, 2.24) is 20.2 Å². The van der Waals surface area contributed by atoms with Gasteiger partial charge in [-0.1, -0.05) is 12.1 Å². The largest absolute Gasteiger partial charge is 0.450 e. The molecule has 1 aromatic heterocycles. The number of aromatic nitrogens is 2. The third-order valence-electron chi connectivity index (χ3n) is 4.49. The number of hydrogen-bond acceptors (Lipinski definition) is 6. The van der Waals surface area contributed by atoms with Gasteiger partial charge in [0.1, 0.15) is 12.1 Å². The van der Waals surface area contributed by atoms with Crippen molar-refractivity contribution < 1.29 is 14.3 Å². The molecule has 1 fully saturated rings. The summed E-state index contributed by atoms with van der Waals surface area (Å²) in [5, 5.41) is 3.03. The number of piperidine rings is 1. The lowest BCUT2D eigenvalue weighted by Crippen LogP contribution is -2.46. The van der Waals surface area contributed by atoms with Crippen molar-refractivity contribution in [2.45, 2.75) is 25.8 Å². The van der Waals surface area contributed by atoms with E-state index in [9.17, 15) is 9.59 Å². The van der Waals surface area contributed by atoms with E-state index in [0.717, 1.165) is 5.56 Å². The van der Waals surface area contributed by atoms with Crippen molar-refractivity contribution in [2.24, 2.45) is 0 Å². The number of rotatable bonds is 4. The number of nitrogen functional groups attached to an aromatic ring is 1.